The summed E-state index contributed by atoms with van der Waals surface area (Å²) in [6, 6.07) is 10.9. The third kappa shape index (κ3) is 3.99. The second-order valence-corrected chi connectivity index (χ2v) is 10.0. The average Bonchev–Trinajstić information content (AvgIpc) is 2.17. The van der Waals surface area contributed by atoms with Gasteiger partial charge in [0.15, 0.2) is 0 Å². The van der Waals surface area contributed by atoms with E-state index in [1.807, 2.05) is 49.0 Å². The van der Waals surface area contributed by atoms with Gasteiger partial charge in [0, 0.05) is 0 Å². The van der Waals surface area contributed by atoms with E-state index >= 15 is 0 Å². The Hall–Kier alpha value is -0.243. The minimum absolute atomic E-state index is 0.847. The van der Waals surface area contributed by atoms with Crippen LogP contribution in [0.25, 0.3) is 6.08 Å². The van der Waals surface area contributed by atoms with Crippen molar-refractivity contribution in [2.24, 2.45) is 0 Å². The number of hydrogen-bond donors (Lipinski definition) is 0. The van der Waals surface area contributed by atoms with Crippen molar-refractivity contribution in [3.8, 4) is 0 Å². The zero-order valence-electron chi connectivity index (χ0n) is 7.50. The van der Waals surface area contributed by atoms with Gasteiger partial charge in [0.05, 0.1) is 0 Å². The largest absolute Gasteiger partial charge is 0.273 e. The molecule has 0 aliphatic heterocycles. The summed E-state index contributed by atoms with van der Waals surface area (Å²) in [4.78, 5) is 0. The van der Waals surface area contributed by atoms with E-state index in [-0.39, 0.29) is 0 Å². The lowest BCUT2D eigenvalue weighted by Gasteiger charge is -2.06. The normalized spacial score (nSPS) is 12.2. The van der Waals surface area contributed by atoms with Gasteiger partial charge in [-0.2, -0.15) is 0 Å². The Kier molecular flexibility index (Phi) is 4.04. The molecule has 0 fully saturated rings. The van der Waals surface area contributed by atoms with Gasteiger partial charge in [-0.05, 0) is 11.6 Å². The maximum atomic E-state index is 6.09. The van der Waals surface area contributed by atoms with Crippen LogP contribution in [0.4, 0.5) is 0 Å². The molecule has 0 aromatic heterocycles. The Morgan fingerprint density at radius 3 is 2.38 bits per heavy atom. The fraction of sp³-hybridized carbons (Fsp3) is 0.200. The van der Waals surface area contributed by atoms with Crippen LogP contribution in [0.2, 0.25) is 6.04 Å². The summed E-state index contributed by atoms with van der Waals surface area (Å²) in [6.07, 6.45) is 2.00. The first-order valence-corrected chi connectivity index (χ1v) is 8.57. The van der Waals surface area contributed by atoms with Crippen molar-refractivity contribution in [1.29, 1.82) is 0 Å². The van der Waals surface area contributed by atoms with Crippen LogP contribution in [-0.2, 0) is 0 Å². The quantitative estimate of drug-likeness (QED) is 0.540. The molecule has 0 bridgehead atoms. The van der Waals surface area contributed by atoms with Crippen LogP contribution in [0, 0.1) is 0 Å². The van der Waals surface area contributed by atoms with Gasteiger partial charge in [-0.1, -0.05) is 49.0 Å². The predicted octanol–water partition coefficient (Wildman–Crippen LogP) is 4.18. The second kappa shape index (κ2) is 4.84. The molecular formula is C10H12Cl2Si. The maximum Gasteiger partial charge on any atom is 0.273 e. The van der Waals surface area contributed by atoms with Crippen molar-refractivity contribution in [3.05, 3.63) is 41.6 Å². The number of hydrogen-bond acceptors (Lipinski definition) is 0. The molecule has 0 saturated carbocycles. The molecule has 1 rings (SSSR count). The van der Waals surface area contributed by atoms with Gasteiger partial charge in [0.25, 0.3) is 6.69 Å². The van der Waals surface area contributed by atoms with Gasteiger partial charge in [-0.15, -0.1) is 22.2 Å². The zero-order chi connectivity index (χ0) is 9.73. The first-order chi connectivity index (χ1) is 6.14. The first-order valence-electron chi connectivity index (χ1n) is 4.26. The Labute approximate surface area is 89.6 Å². The summed E-state index contributed by atoms with van der Waals surface area (Å²) >= 11 is 12.2. The van der Waals surface area contributed by atoms with Crippen LogP contribution in [-0.4, -0.2) is 6.69 Å². The molecule has 0 atom stereocenters. The highest BCUT2D eigenvalue weighted by Gasteiger charge is 2.20. The topological polar surface area (TPSA) is 0 Å². The van der Waals surface area contributed by atoms with Crippen LogP contribution in [0.15, 0.2) is 36.0 Å². The predicted molar refractivity (Wildman–Crippen MR) is 63.4 cm³/mol. The minimum atomic E-state index is -2.10. The first kappa shape index (κ1) is 10.8. The van der Waals surface area contributed by atoms with Gasteiger partial charge in [0.1, 0.15) is 0 Å². The van der Waals surface area contributed by atoms with E-state index in [1.165, 1.54) is 0 Å². The third-order valence-corrected chi connectivity index (χ3v) is 5.75. The Morgan fingerprint density at radius 1 is 1.23 bits per heavy atom. The van der Waals surface area contributed by atoms with E-state index in [0.29, 0.717) is 0 Å². The van der Waals surface area contributed by atoms with Crippen LogP contribution < -0.4 is 0 Å². The molecular weight excluding hydrogens is 219 g/mol. The molecule has 0 aliphatic rings. The Balaban J connectivity index is 2.69. The van der Waals surface area contributed by atoms with Gasteiger partial charge in [-0.3, -0.25) is 0 Å². The van der Waals surface area contributed by atoms with Crippen molar-refractivity contribution < 1.29 is 0 Å². The summed E-state index contributed by atoms with van der Waals surface area (Å²) in [5.41, 5.74) is 3.10. The summed E-state index contributed by atoms with van der Waals surface area (Å²) in [5, 5.41) is 0. The standard InChI is InChI=1S/C10H12Cl2Si/c1-2-13(11,12)9-8-10-6-4-3-5-7-10/h3-9H,2H2,1H3. The van der Waals surface area contributed by atoms with Gasteiger partial charge < -0.3 is 0 Å². The highest BCUT2D eigenvalue weighted by molar-refractivity contribution is 7.47. The van der Waals surface area contributed by atoms with Crippen molar-refractivity contribution in [3.63, 3.8) is 0 Å². The van der Waals surface area contributed by atoms with E-state index in [2.05, 4.69) is 0 Å². The number of benzene rings is 1. The fourth-order valence-corrected chi connectivity index (χ4v) is 1.95. The molecule has 0 unspecified atom stereocenters. The summed E-state index contributed by atoms with van der Waals surface area (Å²) in [6.45, 7) is -0.0807. The van der Waals surface area contributed by atoms with Gasteiger partial charge in [-0.25, -0.2) is 0 Å². The van der Waals surface area contributed by atoms with Gasteiger partial charge in [0.2, 0.25) is 0 Å². The van der Waals surface area contributed by atoms with Crippen molar-refractivity contribution in [1.82, 2.24) is 0 Å². The SMILES string of the molecule is CC[Si](Cl)(Cl)C=Cc1ccccc1. The monoisotopic (exact) mass is 230 g/mol. The zero-order valence-corrected chi connectivity index (χ0v) is 10.0. The smallest absolute Gasteiger partial charge is 0.140 e. The maximum absolute atomic E-state index is 6.09. The molecule has 3 heteroatoms. The molecule has 70 valence electrons. The molecule has 0 amide bonds. The molecule has 1 aromatic carbocycles. The highest BCUT2D eigenvalue weighted by Crippen LogP contribution is 2.22. The van der Waals surface area contributed by atoms with E-state index in [1.54, 1.807) is 0 Å². The van der Waals surface area contributed by atoms with E-state index in [0.717, 1.165) is 11.6 Å². The molecule has 0 nitrogen and oxygen atoms in total. The average molecular weight is 231 g/mol. The number of rotatable bonds is 3. The molecule has 0 aliphatic carbocycles. The molecule has 0 spiro atoms. The molecule has 1 aromatic rings. The van der Waals surface area contributed by atoms with Crippen molar-refractivity contribution >= 4 is 34.9 Å². The highest BCUT2D eigenvalue weighted by atomic mass is 35.7. The van der Waals surface area contributed by atoms with Crippen molar-refractivity contribution in [2.45, 2.75) is 13.0 Å². The second-order valence-electron chi connectivity index (χ2n) is 2.86. The summed E-state index contributed by atoms with van der Waals surface area (Å²) in [7, 11) is 0. The lowest BCUT2D eigenvalue weighted by molar-refractivity contribution is 1.45. The van der Waals surface area contributed by atoms with Crippen molar-refractivity contribution in [2.75, 3.05) is 0 Å². The summed E-state index contributed by atoms with van der Waals surface area (Å²) in [5.74, 6) is 0. The Bertz CT molecular complexity index is 280. The van der Waals surface area contributed by atoms with E-state index < -0.39 is 6.69 Å². The molecule has 0 saturated heterocycles. The lowest BCUT2D eigenvalue weighted by Crippen LogP contribution is -2.12. The van der Waals surface area contributed by atoms with E-state index in [9.17, 15) is 0 Å². The molecule has 0 N–H and O–H groups in total. The fourth-order valence-electron chi connectivity index (χ4n) is 0.900. The van der Waals surface area contributed by atoms with E-state index in [4.69, 9.17) is 22.2 Å². The molecule has 0 heterocycles. The van der Waals surface area contributed by atoms with Crippen LogP contribution >= 0.6 is 22.2 Å². The lowest BCUT2D eigenvalue weighted by atomic mass is 10.2. The van der Waals surface area contributed by atoms with Crippen LogP contribution in [0.1, 0.15) is 12.5 Å². The Morgan fingerprint density at radius 2 is 1.85 bits per heavy atom. The third-order valence-electron chi connectivity index (χ3n) is 1.79. The minimum Gasteiger partial charge on any atom is -0.140 e. The van der Waals surface area contributed by atoms with Gasteiger partial charge >= 0.3 is 0 Å². The van der Waals surface area contributed by atoms with Crippen LogP contribution in [0.5, 0.6) is 0 Å². The molecule has 13 heavy (non-hydrogen) atoms. The van der Waals surface area contributed by atoms with Crippen LogP contribution in [0.3, 0.4) is 0 Å². The number of halogens is 2. The molecule has 0 radical (unpaired) electrons. The summed E-state index contributed by atoms with van der Waals surface area (Å²) < 4.78 is 0.